The minimum Gasteiger partial charge on any atom is -0.481 e. The number of rotatable bonds is 8. The van der Waals surface area contributed by atoms with Gasteiger partial charge in [-0.3, -0.25) is 4.79 Å². The number of carboxylic acids is 1. The van der Waals surface area contributed by atoms with Gasteiger partial charge in [-0.1, -0.05) is 70.0 Å². The van der Waals surface area contributed by atoms with E-state index >= 15 is 0 Å². The summed E-state index contributed by atoms with van der Waals surface area (Å²) < 4.78 is 0.933. The van der Waals surface area contributed by atoms with E-state index in [4.69, 9.17) is 21.6 Å². The van der Waals surface area contributed by atoms with Crippen LogP contribution in [0.25, 0.3) is 22.3 Å². The largest absolute Gasteiger partial charge is 0.481 e. The van der Waals surface area contributed by atoms with Gasteiger partial charge in [0.15, 0.2) is 5.82 Å². The van der Waals surface area contributed by atoms with Crippen LogP contribution in [0.15, 0.2) is 77.3 Å². The van der Waals surface area contributed by atoms with Crippen LogP contribution in [-0.2, 0) is 11.2 Å². The third-order valence-corrected chi connectivity index (χ3v) is 5.86. The number of fused-ring (bicyclic) bond motifs is 1. The molecule has 0 bridgehead atoms. The molecule has 0 amide bonds. The van der Waals surface area contributed by atoms with E-state index in [9.17, 15) is 9.90 Å². The van der Waals surface area contributed by atoms with Crippen LogP contribution in [0.5, 0.6) is 0 Å². The number of hydrogen-bond donors (Lipinski definition) is 1. The van der Waals surface area contributed by atoms with Gasteiger partial charge in [0.25, 0.3) is 0 Å². The molecule has 162 valence electrons. The number of aliphatic carboxylic acids is 1. The van der Waals surface area contributed by atoms with Crippen molar-refractivity contribution in [3.05, 3.63) is 87.9 Å². The normalized spacial score (nSPS) is 10.9. The first kappa shape index (κ1) is 22.2. The highest BCUT2D eigenvalue weighted by molar-refractivity contribution is 9.10. The Hall–Kier alpha value is -2.96. The number of hydrogen-bond acceptors (Lipinski definition) is 4. The summed E-state index contributed by atoms with van der Waals surface area (Å²) in [6.45, 7) is 0.951. The topological polar surface area (TPSA) is 66.3 Å². The molecule has 5 nitrogen and oxygen atoms in total. The van der Waals surface area contributed by atoms with Crippen LogP contribution < -0.4 is 4.90 Å². The van der Waals surface area contributed by atoms with Gasteiger partial charge in [-0.05, 0) is 42.3 Å². The molecule has 0 aliphatic carbocycles. The Labute approximate surface area is 199 Å². The van der Waals surface area contributed by atoms with Crippen molar-refractivity contribution in [3.63, 3.8) is 0 Å². The molecule has 4 aromatic rings. The molecular weight excluding hydrogens is 490 g/mol. The number of carbonyl (C=O) groups is 1. The average molecular weight is 511 g/mol. The highest BCUT2D eigenvalue weighted by Crippen LogP contribution is 2.31. The quantitative estimate of drug-likeness (QED) is 0.304. The lowest BCUT2D eigenvalue weighted by Gasteiger charge is -2.25. The summed E-state index contributed by atoms with van der Waals surface area (Å²) in [5, 5.41) is 10.7. The van der Waals surface area contributed by atoms with Gasteiger partial charge in [0, 0.05) is 33.5 Å². The first-order valence-electron chi connectivity index (χ1n) is 10.2. The molecule has 0 aliphatic rings. The third kappa shape index (κ3) is 5.44. The van der Waals surface area contributed by atoms with Crippen LogP contribution >= 0.6 is 27.5 Å². The lowest BCUT2D eigenvalue weighted by molar-refractivity contribution is -0.136. The number of carboxylic acid groups (broad SMARTS) is 1. The Balaban J connectivity index is 1.80. The van der Waals surface area contributed by atoms with E-state index in [0.717, 1.165) is 27.4 Å². The van der Waals surface area contributed by atoms with E-state index in [-0.39, 0.29) is 6.42 Å². The number of anilines is 1. The van der Waals surface area contributed by atoms with Gasteiger partial charge in [-0.2, -0.15) is 0 Å². The van der Waals surface area contributed by atoms with Gasteiger partial charge in [-0.15, -0.1) is 0 Å². The Bertz CT molecular complexity index is 1250. The van der Waals surface area contributed by atoms with Crippen molar-refractivity contribution < 1.29 is 9.90 Å². The zero-order valence-corrected chi connectivity index (χ0v) is 19.6. The standard InChI is InChI=1S/C25H21BrClN3O2/c26-19-8-4-7-18(15-19)24-28-22-10-9-20(27)16-21(22)25(29-24)30(14-12-23(31)32)13-11-17-5-2-1-3-6-17/h1-10,15-16H,11-14H2,(H,31,32). The van der Waals surface area contributed by atoms with E-state index in [1.807, 2.05) is 59.5 Å². The zero-order valence-electron chi connectivity index (χ0n) is 17.2. The predicted octanol–water partition coefficient (Wildman–Crippen LogP) is 6.24. The summed E-state index contributed by atoms with van der Waals surface area (Å²) in [4.78, 5) is 23.0. The molecular formula is C25H21BrClN3O2. The number of aromatic nitrogens is 2. The third-order valence-electron chi connectivity index (χ3n) is 5.13. The van der Waals surface area contributed by atoms with Crippen molar-refractivity contribution in [1.29, 1.82) is 0 Å². The fourth-order valence-corrected chi connectivity index (χ4v) is 4.12. The number of nitrogens with zero attached hydrogens (tertiary/aromatic N) is 3. The maximum Gasteiger partial charge on any atom is 0.305 e. The lowest BCUT2D eigenvalue weighted by atomic mass is 10.1. The van der Waals surface area contributed by atoms with Gasteiger partial charge in [0.2, 0.25) is 0 Å². The summed E-state index contributed by atoms with van der Waals surface area (Å²) in [7, 11) is 0. The van der Waals surface area contributed by atoms with Crippen molar-refractivity contribution in [2.24, 2.45) is 0 Å². The Morgan fingerprint density at radius 1 is 0.969 bits per heavy atom. The molecule has 0 radical (unpaired) electrons. The van der Waals surface area contributed by atoms with Gasteiger partial charge in [0.1, 0.15) is 5.82 Å². The molecule has 4 rings (SSSR count). The predicted molar refractivity (Wildman–Crippen MR) is 132 cm³/mol. The highest BCUT2D eigenvalue weighted by atomic mass is 79.9. The van der Waals surface area contributed by atoms with Crippen molar-refractivity contribution in [2.75, 3.05) is 18.0 Å². The molecule has 7 heteroatoms. The summed E-state index contributed by atoms with van der Waals surface area (Å²) >= 11 is 9.81. The number of benzene rings is 3. The van der Waals surface area contributed by atoms with Gasteiger partial charge < -0.3 is 10.0 Å². The highest BCUT2D eigenvalue weighted by Gasteiger charge is 2.17. The molecule has 1 aromatic heterocycles. The minimum atomic E-state index is -0.849. The van der Waals surface area contributed by atoms with E-state index in [2.05, 4.69) is 28.1 Å². The SMILES string of the molecule is O=C(O)CCN(CCc1ccccc1)c1nc(-c2cccc(Br)c2)nc2ccc(Cl)cc12. The number of halogens is 2. The van der Waals surface area contributed by atoms with Crippen molar-refractivity contribution in [2.45, 2.75) is 12.8 Å². The molecule has 3 aromatic carbocycles. The Morgan fingerprint density at radius 3 is 2.53 bits per heavy atom. The Morgan fingerprint density at radius 2 is 1.78 bits per heavy atom. The van der Waals surface area contributed by atoms with Crippen LogP contribution in [0.4, 0.5) is 5.82 Å². The second-order valence-electron chi connectivity index (χ2n) is 7.41. The van der Waals surface area contributed by atoms with Gasteiger partial charge in [-0.25, -0.2) is 9.97 Å². The van der Waals surface area contributed by atoms with Crippen LogP contribution in [0, 0.1) is 0 Å². The fraction of sp³-hybridized carbons (Fsp3) is 0.160. The molecule has 0 aliphatic heterocycles. The fourth-order valence-electron chi connectivity index (χ4n) is 3.55. The molecule has 1 heterocycles. The smallest absolute Gasteiger partial charge is 0.305 e. The average Bonchev–Trinajstić information content (AvgIpc) is 2.79. The maximum absolute atomic E-state index is 11.4. The van der Waals surface area contributed by atoms with Crippen molar-refractivity contribution >= 4 is 50.2 Å². The van der Waals surface area contributed by atoms with E-state index in [1.165, 1.54) is 5.56 Å². The molecule has 0 saturated heterocycles. The van der Waals surface area contributed by atoms with Crippen LogP contribution in [0.2, 0.25) is 5.02 Å². The van der Waals surface area contributed by atoms with Crippen LogP contribution in [-0.4, -0.2) is 34.1 Å². The molecule has 0 unspecified atom stereocenters. The van der Waals surface area contributed by atoms with E-state index in [0.29, 0.717) is 29.8 Å². The summed E-state index contributed by atoms with van der Waals surface area (Å²) in [5.41, 5.74) is 2.81. The second-order valence-corrected chi connectivity index (χ2v) is 8.76. The summed E-state index contributed by atoms with van der Waals surface area (Å²) in [6, 6.07) is 23.4. The van der Waals surface area contributed by atoms with Crippen LogP contribution in [0.3, 0.4) is 0 Å². The molecule has 32 heavy (non-hydrogen) atoms. The molecule has 0 saturated carbocycles. The lowest BCUT2D eigenvalue weighted by Crippen LogP contribution is -2.29. The van der Waals surface area contributed by atoms with Gasteiger partial charge in [0.05, 0.1) is 11.9 Å². The molecule has 1 N–H and O–H groups in total. The summed E-state index contributed by atoms with van der Waals surface area (Å²) in [6.07, 6.45) is 0.770. The first-order chi connectivity index (χ1) is 15.5. The zero-order chi connectivity index (χ0) is 22.5. The maximum atomic E-state index is 11.4. The van der Waals surface area contributed by atoms with Crippen molar-refractivity contribution in [3.8, 4) is 11.4 Å². The van der Waals surface area contributed by atoms with E-state index in [1.54, 1.807) is 6.07 Å². The monoisotopic (exact) mass is 509 g/mol. The van der Waals surface area contributed by atoms with Crippen molar-refractivity contribution in [1.82, 2.24) is 9.97 Å². The summed E-state index contributed by atoms with van der Waals surface area (Å²) in [5.74, 6) is 0.416. The second kappa shape index (κ2) is 10.1. The van der Waals surface area contributed by atoms with Crippen LogP contribution in [0.1, 0.15) is 12.0 Å². The molecule has 0 spiro atoms. The van der Waals surface area contributed by atoms with E-state index < -0.39 is 5.97 Å². The first-order valence-corrected chi connectivity index (χ1v) is 11.4. The molecule has 0 fully saturated rings. The minimum absolute atomic E-state index is 0.00701. The molecule has 0 atom stereocenters. The Kier molecular flexibility index (Phi) is 7.02. The van der Waals surface area contributed by atoms with Gasteiger partial charge >= 0.3 is 5.97 Å².